The van der Waals surface area contributed by atoms with Gasteiger partial charge >= 0.3 is 0 Å². The largest absolute Gasteiger partial charge is 0.290 e. The molecule has 0 N–H and O–H groups in total. The molecule has 1 aliphatic rings. The lowest BCUT2D eigenvalue weighted by molar-refractivity contribution is -0.137. The van der Waals surface area contributed by atoms with Crippen molar-refractivity contribution < 1.29 is 9.59 Å². The number of benzene rings is 5. The number of carbonyl (C=O) groups excluding carboxylic acids is 2. The zero-order valence-corrected chi connectivity index (χ0v) is 16.3. The second-order valence-corrected chi connectivity index (χ2v) is 8.02. The molecule has 6 rings (SSSR count). The standard InChI is InChI=1S/C28H18O2/c29-26-16-20-14-18-7-1-2-8-19(18)15-25(20)27(28(26)30)24-11-5-10-22-21-9-4-3-6-17(21)12-13-23(22)24/h1-15,27H,16H2. The maximum atomic E-state index is 13.2. The van der Waals surface area contributed by atoms with Crippen molar-refractivity contribution in [3.63, 3.8) is 0 Å². The molecule has 0 aromatic heterocycles. The third kappa shape index (κ3) is 2.44. The first-order chi connectivity index (χ1) is 14.7. The topological polar surface area (TPSA) is 34.1 Å². The SMILES string of the molecule is O=C1Cc2cc3ccccc3cc2C(c2cccc3c2ccc2ccccc23)C1=O. The maximum absolute atomic E-state index is 13.2. The summed E-state index contributed by atoms with van der Waals surface area (Å²) in [5, 5.41) is 6.65. The van der Waals surface area contributed by atoms with Crippen LogP contribution < -0.4 is 0 Å². The van der Waals surface area contributed by atoms with E-state index in [1.54, 1.807) is 0 Å². The van der Waals surface area contributed by atoms with Gasteiger partial charge < -0.3 is 0 Å². The van der Waals surface area contributed by atoms with E-state index in [1.807, 2.05) is 36.4 Å². The van der Waals surface area contributed by atoms with Crippen molar-refractivity contribution in [2.24, 2.45) is 0 Å². The number of Topliss-reactive ketones (excluding diaryl/α,β-unsaturated/α-hetero) is 2. The molecule has 0 amide bonds. The predicted molar refractivity (Wildman–Crippen MR) is 121 cm³/mol. The van der Waals surface area contributed by atoms with E-state index < -0.39 is 5.92 Å². The van der Waals surface area contributed by atoms with Crippen molar-refractivity contribution in [2.45, 2.75) is 12.3 Å². The van der Waals surface area contributed by atoms with Crippen LogP contribution in [0.2, 0.25) is 0 Å². The van der Waals surface area contributed by atoms with Crippen LogP contribution >= 0.6 is 0 Å². The first kappa shape index (κ1) is 17.1. The Morgan fingerprint density at radius 3 is 2.10 bits per heavy atom. The van der Waals surface area contributed by atoms with Gasteiger partial charge in [0.25, 0.3) is 0 Å². The molecule has 142 valence electrons. The van der Waals surface area contributed by atoms with E-state index in [0.717, 1.165) is 43.6 Å². The maximum Gasteiger partial charge on any atom is 0.210 e. The van der Waals surface area contributed by atoms with Gasteiger partial charge in [-0.1, -0.05) is 84.9 Å². The molecule has 0 radical (unpaired) electrons. The fourth-order valence-electron chi connectivity index (χ4n) is 4.91. The van der Waals surface area contributed by atoms with Crippen LogP contribution in [0.25, 0.3) is 32.3 Å². The Bertz CT molecular complexity index is 1510. The number of hydrogen-bond donors (Lipinski definition) is 0. The van der Waals surface area contributed by atoms with Gasteiger partial charge in [-0.25, -0.2) is 0 Å². The summed E-state index contributed by atoms with van der Waals surface area (Å²) >= 11 is 0. The second-order valence-electron chi connectivity index (χ2n) is 8.02. The van der Waals surface area contributed by atoms with Gasteiger partial charge in [-0.15, -0.1) is 0 Å². The Hall–Kier alpha value is -3.78. The van der Waals surface area contributed by atoms with Crippen molar-refractivity contribution in [3.8, 4) is 0 Å². The van der Waals surface area contributed by atoms with Crippen LogP contribution in [-0.4, -0.2) is 11.6 Å². The van der Waals surface area contributed by atoms with E-state index in [4.69, 9.17) is 0 Å². The molecule has 0 fully saturated rings. The molecule has 5 aromatic carbocycles. The highest BCUT2D eigenvalue weighted by atomic mass is 16.2. The summed E-state index contributed by atoms with van der Waals surface area (Å²) in [4.78, 5) is 25.9. The van der Waals surface area contributed by atoms with E-state index in [-0.39, 0.29) is 18.0 Å². The molecule has 0 aliphatic heterocycles. The van der Waals surface area contributed by atoms with Crippen LogP contribution in [0.15, 0.2) is 91.0 Å². The van der Waals surface area contributed by atoms with Crippen molar-refractivity contribution in [3.05, 3.63) is 108 Å². The molecule has 2 heteroatoms. The van der Waals surface area contributed by atoms with E-state index in [9.17, 15) is 9.59 Å². The summed E-state index contributed by atoms with van der Waals surface area (Å²) in [7, 11) is 0. The van der Waals surface area contributed by atoms with Crippen LogP contribution in [0.3, 0.4) is 0 Å². The highest BCUT2D eigenvalue weighted by Crippen LogP contribution is 2.39. The fourth-order valence-corrected chi connectivity index (χ4v) is 4.91. The van der Waals surface area contributed by atoms with Gasteiger partial charge in [0.2, 0.25) is 11.6 Å². The molecule has 2 nitrogen and oxygen atoms in total. The summed E-state index contributed by atoms with van der Waals surface area (Å²) in [6.07, 6.45) is 0.184. The van der Waals surface area contributed by atoms with Gasteiger partial charge in [0.1, 0.15) is 0 Å². The van der Waals surface area contributed by atoms with Crippen molar-refractivity contribution in [2.75, 3.05) is 0 Å². The second kappa shape index (κ2) is 6.36. The van der Waals surface area contributed by atoms with Crippen molar-refractivity contribution >= 4 is 43.9 Å². The summed E-state index contributed by atoms with van der Waals surface area (Å²) in [6.45, 7) is 0. The Balaban J connectivity index is 1.67. The molecule has 0 bridgehead atoms. The Labute approximate surface area is 173 Å². The Kier molecular flexibility index (Phi) is 3.63. The van der Waals surface area contributed by atoms with Gasteiger partial charge in [-0.3, -0.25) is 9.59 Å². The van der Waals surface area contributed by atoms with E-state index >= 15 is 0 Å². The highest BCUT2D eigenvalue weighted by molar-refractivity contribution is 6.42. The molecule has 1 unspecified atom stereocenters. The molecule has 0 saturated heterocycles. The summed E-state index contributed by atoms with van der Waals surface area (Å²) in [6, 6.07) is 30.8. The van der Waals surface area contributed by atoms with Crippen LogP contribution in [0.5, 0.6) is 0 Å². The normalized spacial score (nSPS) is 16.3. The lowest BCUT2D eigenvalue weighted by atomic mass is 9.75. The lowest BCUT2D eigenvalue weighted by Crippen LogP contribution is -2.30. The minimum absolute atomic E-state index is 0.184. The molecular formula is C28H18O2. The Morgan fingerprint density at radius 2 is 1.27 bits per heavy atom. The number of hydrogen-bond acceptors (Lipinski definition) is 2. The van der Waals surface area contributed by atoms with Gasteiger partial charge in [0.15, 0.2) is 0 Å². The fraction of sp³-hybridized carbons (Fsp3) is 0.0714. The zero-order valence-electron chi connectivity index (χ0n) is 16.3. The smallest absolute Gasteiger partial charge is 0.210 e. The van der Waals surface area contributed by atoms with Gasteiger partial charge in [-0.2, -0.15) is 0 Å². The zero-order chi connectivity index (χ0) is 20.2. The summed E-state index contributed by atoms with van der Waals surface area (Å²) in [5.41, 5.74) is 2.83. The number of fused-ring (bicyclic) bond motifs is 5. The average molecular weight is 386 g/mol. The molecular weight excluding hydrogens is 368 g/mol. The Morgan fingerprint density at radius 1 is 0.567 bits per heavy atom. The van der Waals surface area contributed by atoms with Crippen LogP contribution in [0.1, 0.15) is 22.6 Å². The first-order valence-electron chi connectivity index (χ1n) is 10.2. The highest BCUT2D eigenvalue weighted by Gasteiger charge is 2.36. The summed E-state index contributed by atoms with van der Waals surface area (Å²) < 4.78 is 0. The van der Waals surface area contributed by atoms with Gasteiger partial charge in [0, 0.05) is 6.42 Å². The monoisotopic (exact) mass is 386 g/mol. The molecule has 1 atom stereocenters. The lowest BCUT2D eigenvalue weighted by Gasteiger charge is -2.26. The van der Waals surface area contributed by atoms with E-state index in [2.05, 4.69) is 54.6 Å². The summed E-state index contributed by atoms with van der Waals surface area (Å²) in [5.74, 6) is -1.17. The van der Waals surface area contributed by atoms with Gasteiger partial charge in [-0.05, 0) is 55.1 Å². The number of carbonyl (C=O) groups is 2. The van der Waals surface area contributed by atoms with Crippen LogP contribution in [-0.2, 0) is 16.0 Å². The number of rotatable bonds is 1. The molecule has 0 heterocycles. The third-order valence-electron chi connectivity index (χ3n) is 6.34. The molecule has 0 saturated carbocycles. The average Bonchev–Trinajstić information content (AvgIpc) is 2.78. The number of ketones is 2. The van der Waals surface area contributed by atoms with Crippen molar-refractivity contribution in [1.82, 2.24) is 0 Å². The van der Waals surface area contributed by atoms with Gasteiger partial charge in [0.05, 0.1) is 5.92 Å². The van der Waals surface area contributed by atoms with Crippen molar-refractivity contribution in [1.29, 1.82) is 0 Å². The minimum atomic E-state index is -0.560. The predicted octanol–water partition coefficient (Wildman–Crippen LogP) is 5.97. The molecule has 5 aromatic rings. The first-order valence-corrected chi connectivity index (χ1v) is 10.2. The molecule has 30 heavy (non-hydrogen) atoms. The minimum Gasteiger partial charge on any atom is -0.290 e. The quantitative estimate of drug-likeness (QED) is 0.263. The van der Waals surface area contributed by atoms with E-state index in [1.165, 1.54) is 5.39 Å². The van der Waals surface area contributed by atoms with Crippen LogP contribution in [0, 0.1) is 0 Å². The molecule has 1 aliphatic carbocycles. The van der Waals surface area contributed by atoms with Crippen LogP contribution in [0.4, 0.5) is 0 Å². The van der Waals surface area contributed by atoms with E-state index in [0.29, 0.717) is 0 Å². The molecule has 0 spiro atoms. The third-order valence-corrected chi connectivity index (χ3v) is 6.34.